The Morgan fingerprint density at radius 1 is 1.10 bits per heavy atom. The summed E-state index contributed by atoms with van der Waals surface area (Å²) >= 11 is 12.6. The van der Waals surface area contributed by atoms with Crippen molar-refractivity contribution in [3.63, 3.8) is 0 Å². The van der Waals surface area contributed by atoms with Crippen LogP contribution in [0.15, 0.2) is 41.3 Å². The van der Waals surface area contributed by atoms with E-state index in [0.29, 0.717) is 33.2 Å². The molecule has 1 amide bonds. The van der Waals surface area contributed by atoms with Gasteiger partial charge in [-0.05, 0) is 55.3 Å². The van der Waals surface area contributed by atoms with Crippen molar-refractivity contribution >= 4 is 51.9 Å². The van der Waals surface area contributed by atoms with E-state index in [2.05, 4.69) is 12.1 Å². The van der Waals surface area contributed by atoms with E-state index in [0.717, 1.165) is 23.3 Å². The van der Waals surface area contributed by atoms with Crippen LogP contribution >= 0.6 is 35.6 Å². The minimum Gasteiger partial charge on any atom is -0.493 e. The van der Waals surface area contributed by atoms with Crippen molar-refractivity contribution in [1.82, 2.24) is 4.90 Å². The van der Waals surface area contributed by atoms with E-state index in [4.69, 9.17) is 33.3 Å². The maximum absolute atomic E-state index is 12.3. The van der Waals surface area contributed by atoms with E-state index < -0.39 is 0 Å². The van der Waals surface area contributed by atoms with Gasteiger partial charge in [-0.25, -0.2) is 0 Å². The van der Waals surface area contributed by atoms with Crippen LogP contribution in [-0.2, 0) is 4.79 Å². The Kier molecular flexibility index (Phi) is 7.22. The second kappa shape index (κ2) is 9.65. The molecule has 7 heteroatoms. The van der Waals surface area contributed by atoms with Gasteiger partial charge in [-0.1, -0.05) is 47.7 Å². The van der Waals surface area contributed by atoms with Gasteiger partial charge in [0.15, 0.2) is 0 Å². The molecule has 1 aliphatic rings. The number of amides is 1. The fourth-order valence-electron chi connectivity index (χ4n) is 2.74. The predicted molar refractivity (Wildman–Crippen MR) is 124 cm³/mol. The summed E-state index contributed by atoms with van der Waals surface area (Å²) in [6.45, 7) is 5.12. The second-order valence-electron chi connectivity index (χ2n) is 6.74. The SMILES string of the molecule is Cc1ccc(C)c(OCCCOc2ccc(Cl)cc2C=C2SC(=S)N(C)C2=O)c1. The molecule has 2 aromatic rings. The zero-order valence-electron chi connectivity index (χ0n) is 16.5. The number of carbonyl (C=O) groups excluding carboxylic acids is 1. The highest BCUT2D eigenvalue weighted by Crippen LogP contribution is 2.34. The lowest BCUT2D eigenvalue weighted by Crippen LogP contribution is -2.22. The van der Waals surface area contributed by atoms with E-state index >= 15 is 0 Å². The third-order valence-electron chi connectivity index (χ3n) is 4.39. The highest BCUT2D eigenvalue weighted by atomic mass is 35.5. The zero-order chi connectivity index (χ0) is 21.0. The topological polar surface area (TPSA) is 38.8 Å². The minimum absolute atomic E-state index is 0.118. The van der Waals surface area contributed by atoms with Crippen LogP contribution in [0.4, 0.5) is 0 Å². The number of likely N-dealkylation sites (N-methyl/N-ethyl adjacent to an activating group) is 1. The lowest BCUT2D eigenvalue weighted by molar-refractivity contribution is -0.121. The highest BCUT2D eigenvalue weighted by molar-refractivity contribution is 8.26. The predicted octanol–water partition coefficient (Wildman–Crippen LogP) is 5.64. The third-order valence-corrected chi connectivity index (χ3v) is 6.11. The van der Waals surface area contributed by atoms with Crippen LogP contribution in [-0.4, -0.2) is 35.4 Å². The average molecular weight is 448 g/mol. The summed E-state index contributed by atoms with van der Waals surface area (Å²) in [5.74, 6) is 1.45. The van der Waals surface area contributed by atoms with Gasteiger partial charge in [-0.2, -0.15) is 0 Å². The van der Waals surface area contributed by atoms with Crippen molar-refractivity contribution in [2.75, 3.05) is 20.3 Å². The summed E-state index contributed by atoms with van der Waals surface area (Å²) in [5, 5.41) is 0.578. The summed E-state index contributed by atoms with van der Waals surface area (Å²) in [4.78, 5) is 14.3. The number of aryl methyl sites for hydroxylation is 2. The second-order valence-corrected chi connectivity index (χ2v) is 8.85. The summed E-state index contributed by atoms with van der Waals surface area (Å²) in [6, 6.07) is 11.5. The number of rotatable bonds is 7. The Hall–Kier alpha value is -2.02. The van der Waals surface area contributed by atoms with Gasteiger partial charge in [0.2, 0.25) is 0 Å². The third kappa shape index (κ3) is 5.53. The van der Waals surface area contributed by atoms with Crippen LogP contribution in [0.5, 0.6) is 11.5 Å². The maximum Gasteiger partial charge on any atom is 0.265 e. The standard InChI is InChI=1S/C22H22ClNO3S2/c1-14-5-6-15(2)19(11-14)27-10-4-9-26-18-8-7-17(23)12-16(18)13-20-21(25)24(3)22(28)29-20/h5-8,11-13H,4,9-10H2,1-3H3. The average Bonchev–Trinajstić information content (AvgIpc) is 2.92. The van der Waals surface area contributed by atoms with Crippen molar-refractivity contribution in [1.29, 1.82) is 0 Å². The van der Waals surface area contributed by atoms with Gasteiger partial charge >= 0.3 is 0 Å². The van der Waals surface area contributed by atoms with Crippen LogP contribution in [0.3, 0.4) is 0 Å². The molecule has 0 N–H and O–H groups in total. The van der Waals surface area contributed by atoms with Gasteiger partial charge in [0.05, 0.1) is 18.1 Å². The molecule has 0 spiro atoms. The fraction of sp³-hybridized carbons (Fsp3) is 0.273. The van der Waals surface area contributed by atoms with E-state index in [1.807, 2.05) is 26.0 Å². The molecule has 0 radical (unpaired) electrons. The van der Waals surface area contributed by atoms with Crippen molar-refractivity contribution in [3.8, 4) is 11.5 Å². The van der Waals surface area contributed by atoms with Crippen molar-refractivity contribution < 1.29 is 14.3 Å². The molecule has 0 saturated carbocycles. The Bertz CT molecular complexity index is 975. The lowest BCUT2D eigenvalue weighted by Gasteiger charge is -2.12. The number of halogens is 1. The van der Waals surface area contributed by atoms with Crippen LogP contribution in [0.2, 0.25) is 5.02 Å². The molecule has 1 aliphatic heterocycles. The van der Waals surface area contributed by atoms with Gasteiger partial charge in [-0.3, -0.25) is 9.69 Å². The maximum atomic E-state index is 12.3. The van der Waals surface area contributed by atoms with E-state index in [1.54, 1.807) is 25.3 Å². The molecule has 1 fully saturated rings. The number of thiocarbonyl (C=S) groups is 1. The molecule has 152 valence electrons. The summed E-state index contributed by atoms with van der Waals surface area (Å²) in [5.41, 5.74) is 3.04. The lowest BCUT2D eigenvalue weighted by atomic mass is 10.1. The first-order valence-electron chi connectivity index (χ1n) is 9.19. The molecule has 1 saturated heterocycles. The number of benzene rings is 2. The molecule has 0 unspecified atom stereocenters. The van der Waals surface area contributed by atoms with Gasteiger partial charge in [0.1, 0.15) is 15.8 Å². The molecule has 3 rings (SSSR count). The fourth-order valence-corrected chi connectivity index (χ4v) is 4.09. The molecule has 2 aromatic carbocycles. The smallest absolute Gasteiger partial charge is 0.265 e. The summed E-state index contributed by atoms with van der Waals surface area (Å²) < 4.78 is 12.3. The molecule has 0 bridgehead atoms. The Balaban J connectivity index is 1.61. The minimum atomic E-state index is -0.118. The summed E-state index contributed by atoms with van der Waals surface area (Å²) in [7, 11) is 1.67. The van der Waals surface area contributed by atoms with E-state index in [-0.39, 0.29) is 5.91 Å². The Morgan fingerprint density at radius 3 is 2.52 bits per heavy atom. The van der Waals surface area contributed by atoms with Gasteiger partial charge in [-0.15, -0.1) is 0 Å². The van der Waals surface area contributed by atoms with Crippen LogP contribution in [0.25, 0.3) is 6.08 Å². The molecular formula is C22H22ClNO3S2. The van der Waals surface area contributed by atoms with Crippen molar-refractivity contribution in [3.05, 3.63) is 63.0 Å². The quantitative estimate of drug-likeness (QED) is 0.312. The number of hydrogen-bond acceptors (Lipinski definition) is 5. The largest absolute Gasteiger partial charge is 0.493 e. The number of carbonyl (C=O) groups is 1. The van der Waals surface area contributed by atoms with Crippen LogP contribution < -0.4 is 9.47 Å². The van der Waals surface area contributed by atoms with E-state index in [1.165, 1.54) is 22.2 Å². The van der Waals surface area contributed by atoms with Crippen LogP contribution in [0, 0.1) is 13.8 Å². The number of nitrogens with zero attached hydrogens (tertiary/aromatic N) is 1. The first kappa shape index (κ1) is 21.7. The molecular weight excluding hydrogens is 426 g/mol. The van der Waals surface area contributed by atoms with Gasteiger partial charge < -0.3 is 9.47 Å². The monoisotopic (exact) mass is 447 g/mol. The summed E-state index contributed by atoms with van der Waals surface area (Å²) in [6.07, 6.45) is 2.50. The molecule has 4 nitrogen and oxygen atoms in total. The normalized spacial score (nSPS) is 15.3. The first-order chi connectivity index (χ1) is 13.8. The van der Waals surface area contributed by atoms with Gasteiger partial charge in [0.25, 0.3) is 5.91 Å². The Labute approximate surface area is 185 Å². The van der Waals surface area contributed by atoms with Crippen molar-refractivity contribution in [2.24, 2.45) is 0 Å². The van der Waals surface area contributed by atoms with Crippen molar-refractivity contribution in [2.45, 2.75) is 20.3 Å². The zero-order valence-corrected chi connectivity index (χ0v) is 18.9. The molecule has 0 aliphatic carbocycles. The molecule has 0 aromatic heterocycles. The number of thioether (sulfide) groups is 1. The Morgan fingerprint density at radius 2 is 1.83 bits per heavy atom. The molecule has 0 atom stereocenters. The highest BCUT2D eigenvalue weighted by Gasteiger charge is 2.29. The first-order valence-corrected chi connectivity index (χ1v) is 10.8. The molecule has 29 heavy (non-hydrogen) atoms. The number of ether oxygens (including phenoxy) is 2. The van der Waals surface area contributed by atoms with Crippen LogP contribution in [0.1, 0.15) is 23.1 Å². The van der Waals surface area contributed by atoms with Gasteiger partial charge in [0, 0.05) is 24.1 Å². The number of hydrogen-bond donors (Lipinski definition) is 0. The van der Waals surface area contributed by atoms with E-state index in [9.17, 15) is 4.79 Å². The molecule has 1 heterocycles.